The number of nitrogens with zero attached hydrogens (tertiary/aromatic N) is 2. The zero-order chi connectivity index (χ0) is 25.0. The number of anilines is 1. The lowest BCUT2D eigenvalue weighted by Gasteiger charge is -2.26. The molecule has 0 saturated carbocycles. The molecule has 2 amide bonds. The van der Waals surface area contributed by atoms with Crippen molar-refractivity contribution < 1.29 is 22.8 Å². The monoisotopic (exact) mass is 484 g/mol. The van der Waals surface area contributed by atoms with Crippen LogP contribution in [0.25, 0.3) is 11.3 Å². The van der Waals surface area contributed by atoms with Crippen LogP contribution in [0.15, 0.2) is 60.7 Å². The number of nitrogens with one attached hydrogen (secondary N) is 2. The standard InChI is InChI=1S/C26H27F3N4O2/c1-18-22(25(35)31-21-10-5-9-20(15-21)26(27,28)29)16-23(19-7-3-2-4-8-19)33(18)13-6-12-32-14-11-30-24(34)17-32/h2-5,7-10,15-16H,6,11-14,17H2,1H3,(H,30,34)(H,31,35). The van der Waals surface area contributed by atoms with E-state index in [4.69, 9.17) is 0 Å². The van der Waals surface area contributed by atoms with Gasteiger partial charge in [0.05, 0.1) is 17.7 Å². The fourth-order valence-corrected chi connectivity index (χ4v) is 4.32. The van der Waals surface area contributed by atoms with Crippen LogP contribution < -0.4 is 10.6 Å². The maximum atomic E-state index is 13.1. The quantitative estimate of drug-likeness (QED) is 0.517. The van der Waals surface area contributed by atoms with Crippen molar-refractivity contribution in [3.63, 3.8) is 0 Å². The molecule has 1 aliphatic rings. The Morgan fingerprint density at radius 1 is 1.06 bits per heavy atom. The molecular formula is C26H27F3N4O2. The van der Waals surface area contributed by atoms with Crippen LogP contribution in [0.2, 0.25) is 0 Å². The number of amides is 2. The van der Waals surface area contributed by atoms with E-state index in [9.17, 15) is 22.8 Å². The van der Waals surface area contributed by atoms with E-state index in [1.807, 2.05) is 37.3 Å². The van der Waals surface area contributed by atoms with E-state index in [0.29, 0.717) is 25.2 Å². The van der Waals surface area contributed by atoms with E-state index in [2.05, 4.69) is 20.1 Å². The molecule has 1 saturated heterocycles. The van der Waals surface area contributed by atoms with Gasteiger partial charge in [0.15, 0.2) is 0 Å². The van der Waals surface area contributed by atoms with Crippen molar-refractivity contribution in [2.75, 3.05) is 31.5 Å². The first-order valence-corrected chi connectivity index (χ1v) is 11.5. The average molecular weight is 485 g/mol. The fraction of sp³-hybridized carbons (Fsp3) is 0.308. The molecule has 2 heterocycles. The zero-order valence-electron chi connectivity index (χ0n) is 19.4. The van der Waals surface area contributed by atoms with Gasteiger partial charge in [-0.05, 0) is 43.2 Å². The van der Waals surface area contributed by atoms with Crippen LogP contribution in [-0.4, -0.2) is 47.5 Å². The smallest absolute Gasteiger partial charge is 0.354 e. The highest BCUT2D eigenvalue weighted by molar-refractivity contribution is 6.06. The van der Waals surface area contributed by atoms with E-state index in [1.54, 1.807) is 6.07 Å². The Bertz CT molecular complexity index is 1210. The van der Waals surface area contributed by atoms with Gasteiger partial charge in [-0.15, -0.1) is 0 Å². The summed E-state index contributed by atoms with van der Waals surface area (Å²) in [5, 5.41) is 5.43. The number of halogens is 3. The van der Waals surface area contributed by atoms with Crippen LogP contribution in [-0.2, 0) is 17.5 Å². The molecule has 1 aliphatic heterocycles. The highest BCUT2D eigenvalue weighted by atomic mass is 19.4. The van der Waals surface area contributed by atoms with Crippen molar-refractivity contribution in [1.82, 2.24) is 14.8 Å². The lowest BCUT2D eigenvalue weighted by molar-refractivity contribution is -0.137. The number of alkyl halides is 3. The maximum Gasteiger partial charge on any atom is 0.416 e. The average Bonchev–Trinajstić information content (AvgIpc) is 3.16. The summed E-state index contributed by atoms with van der Waals surface area (Å²) in [5.74, 6) is -0.447. The van der Waals surface area contributed by atoms with Crippen LogP contribution in [0, 0.1) is 6.92 Å². The van der Waals surface area contributed by atoms with Gasteiger partial charge >= 0.3 is 6.18 Å². The number of hydrogen-bond donors (Lipinski definition) is 2. The molecule has 0 radical (unpaired) electrons. The number of piperazine rings is 1. The van der Waals surface area contributed by atoms with Crippen molar-refractivity contribution in [2.45, 2.75) is 26.1 Å². The summed E-state index contributed by atoms with van der Waals surface area (Å²) >= 11 is 0. The summed E-state index contributed by atoms with van der Waals surface area (Å²) in [6.45, 7) is 5.02. The Morgan fingerprint density at radius 3 is 2.54 bits per heavy atom. The minimum Gasteiger partial charge on any atom is -0.354 e. The summed E-state index contributed by atoms with van der Waals surface area (Å²) in [4.78, 5) is 26.8. The molecule has 0 bridgehead atoms. The first-order valence-electron chi connectivity index (χ1n) is 11.5. The highest BCUT2D eigenvalue weighted by Gasteiger charge is 2.30. The molecule has 1 aromatic heterocycles. The minimum atomic E-state index is -4.49. The largest absolute Gasteiger partial charge is 0.416 e. The summed E-state index contributed by atoms with van der Waals surface area (Å²) in [6, 6.07) is 16.0. The molecule has 2 aromatic carbocycles. The summed E-state index contributed by atoms with van der Waals surface area (Å²) < 4.78 is 41.3. The van der Waals surface area contributed by atoms with Crippen molar-refractivity contribution in [2.24, 2.45) is 0 Å². The van der Waals surface area contributed by atoms with Gasteiger partial charge in [-0.2, -0.15) is 13.2 Å². The number of aromatic nitrogens is 1. The van der Waals surface area contributed by atoms with Crippen LogP contribution in [0.3, 0.4) is 0 Å². The molecule has 3 aromatic rings. The number of hydrogen-bond acceptors (Lipinski definition) is 3. The lowest BCUT2D eigenvalue weighted by atomic mass is 10.1. The minimum absolute atomic E-state index is 0.0203. The van der Waals surface area contributed by atoms with Gasteiger partial charge in [0, 0.05) is 43.3 Å². The maximum absolute atomic E-state index is 13.1. The van der Waals surface area contributed by atoms with E-state index >= 15 is 0 Å². The summed E-state index contributed by atoms with van der Waals surface area (Å²) in [7, 11) is 0. The third-order valence-electron chi connectivity index (χ3n) is 6.10. The zero-order valence-corrected chi connectivity index (χ0v) is 19.4. The molecule has 184 valence electrons. The predicted molar refractivity (Wildman–Crippen MR) is 128 cm³/mol. The van der Waals surface area contributed by atoms with Crippen molar-refractivity contribution in [3.8, 4) is 11.3 Å². The second kappa shape index (κ2) is 10.4. The van der Waals surface area contributed by atoms with Crippen LogP contribution in [0.1, 0.15) is 28.0 Å². The van der Waals surface area contributed by atoms with E-state index in [0.717, 1.165) is 48.6 Å². The molecule has 2 N–H and O–H groups in total. The Kier molecular flexibility index (Phi) is 7.25. The number of carbonyl (C=O) groups excluding carboxylic acids is 2. The second-order valence-corrected chi connectivity index (χ2v) is 8.56. The van der Waals surface area contributed by atoms with Crippen LogP contribution in [0.5, 0.6) is 0 Å². The Morgan fingerprint density at radius 2 is 1.83 bits per heavy atom. The van der Waals surface area contributed by atoms with E-state index in [-0.39, 0.29) is 11.6 Å². The Balaban J connectivity index is 1.56. The van der Waals surface area contributed by atoms with E-state index in [1.165, 1.54) is 12.1 Å². The summed E-state index contributed by atoms with van der Waals surface area (Å²) in [5.41, 5.74) is 2.19. The van der Waals surface area contributed by atoms with Gasteiger partial charge in [0.1, 0.15) is 0 Å². The van der Waals surface area contributed by atoms with Crippen LogP contribution >= 0.6 is 0 Å². The van der Waals surface area contributed by atoms with Gasteiger partial charge in [0.25, 0.3) is 5.91 Å². The van der Waals surface area contributed by atoms with Crippen molar-refractivity contribution in [3.05, 3.63) is 77.5 Å². The van der Waals surface area contributed by atoms with E-state index < -0.39 is 17.6 Å². The molecular weight excluding hydrogens is 457 g/mol. The lowest BCUT2D eigenvalue weighted by Crippen LogP contribution is -2.47. The van der Waals surface area contributed by atoms with Crippen LogP contribution in [0.4, 0.5) is 18.9 Å². The number of carbonyl (C=O) groups is 2. The third kappa shape index (κ3) is 5.92. The number of rotatable bonds is 7. The first-order chi connectivity index (χ1) is 16.7. The molecule has 0 aliphatic carbocycles. The highest BCUT2D eigenvalue weighted by Crippen LogP contribution is 2.31. The Labute approximate surface area is 201 Å². The molecule has 0 atom stereocenters. The fourth-order valence-electron chi connectivity index (χ4n) is 4.32. The first kappa shape index (κ1) is 24.5. The van der Waals surface area contributed by atoms with Crippen molar-refractivity contribution >= 4 is 17.5 Å². The predicted octanol–water partition coefficient (Wildman–Crippen LogP) is 4.56. The third-order valence-corrected chi connectivity index (χ3v) is 6.10. The SMILES string of the molecule is Cc1c(C(=O)Nc2cccc(C(F)(F)F)c2)cc(-c2ccccc2)n1CCCN1CCNC(=O)C1. The molecule has 6 nitrogen and oxygen atoms in total. The Hall–Kier alpha value is -3.59. The second-order valence-electron chi connectivity index (χ2n) is 8.56. The number of benzene rings is 2. The molecule has 9 heteroatoms. The molecule has 0 unspecified atom stereocenters. The topological polar surface area (TPSA) is 66.4 Å². The van der Waals surface area contributed by atoms with Crippen molar-refractivity contribution in [1.29, 1.82) is 0 Å². The molecule has 4 rings (SSSR count). The van der Waals surface area contributed by atoms with Gasteiger partial charge in [0.2, 0.25) is 5.91 Å². The van der Waals surface area contributed by atoms with Gasteiger partial charge < -0.3 is 15.2 Å². The van der Waals surface area contributed by atoms with Gasteiger partial charge in [-0.1, -0.05) is 36.4 Å². The molecule has 0 spiro atoms. The molecule has 35 heavy (non-hydrogen) atoms. The van der Waals surface area contributed by atoms with Gasteiger partial charge in [-0.3, -0.25) is 14.5 Å². The van der Waals surface area contributed by atoms with Gasteiger partial charge in [-0.25, -0.2) is 0 Å². The molecule has 1 fully saturated rings. The normalized spacial score (nSPS) is 14.6. The summed E-state index contributed by atoms with van der Waals surface area (Å²) in [6.07, 6.45) is -3.72.